The van der Waals surface area contributed by atoms with Gasteiger partial charge in [-0.05, 0) is 35.1 Å². The Morgan fingerprint density at radius 1 is 0.531 bits per heavy atom. The van der Waals surface area contributed by atoms with Gasteiger partial charge in [0, 0.05) is 16.3 Å². The Morgan fingerprint density at radius 2 is 1.09 bits per heavy atom. The fraction of sp³-hybridized carbons (Fsp3) is 0.103. The molecule has 0 fully saturated rings. The van der Waals surface area contributed by atoms with Crippen LogP contribution in [0.3, 0.4) is 0 Å². The van der Waals surface area contributed by atoms with E-state index in [2.05, 4.69) is 113 Å². The smallest absolute Gasteiger partial charge is 0.169 e. The molecule has 3 heteroatoms. The molecule has 0 aliphatic heterocycles. The number of aromatic nitrogens is 3. The average molecular weight is 416 g/mol. The number of aryl methyl sites for hydroxylation is 1. The molecule has 32 heavy (non-hydrogen) atoms. The van der Waals surface area contributed by atoms with Crippen LogP contribution in [0.5, 0.6) is 0 Å². The largest absolute Gasteiger partial charge is 0.274 e. The minimum absolute atomic E-state index is 0.866. The van der Waals surface area contributed by atoms with Crippen molar-refractivity contribution in [1.29, 1.82) is 0 Å². The molecular formula is C29H25N3. The molecule has 156 valence electrons. The van der Waals surface area contributed by atoms with Gasteiger partial charge in [0.05, 0.1) is 5.52 Å². The first-order chi connectivity index (χ1) is 15.8. The van der Waals surface area contributed by atoms with Gasteiger partial charge in [-0.1, -0.05) is 105 Å². The summed E-state index contributed by atoms with van der Waals surface area (Å²) in [7, 11) is 0. The molecule has 0 aliphatic rings. The Bertz CT molecular complexity index is 1560. The number of nitrogens with zero attached hydrogens (tertiary/aromatic N) is 3. The van der Waals surface area contributed by atoms with Crippen LogP contribution in [0.2, 0.25) is 0 Å². The molecule has 0 atom stereocenters. The van der Waals surface area contributed by atoms with E-state index in [0.29, 0.717) is 0 Å². The van der Waals surface area contributed by atoms with E-state index >= 15 is 0 Å². The molecule has 2 heterocycles. The lowest BCUT2D eigenvalue weighted by atomic mass is 9.95. The number of para-hydroxylation sites is 1. The number of rotatable bonds is 2. The van der Waals surface area contributed by atoms with Crippen molar-refractivity contribution in [2.75, 3.05) is 0 Å². The van der Waals surface area contributed by atoms with Crippen molar-refractivity contribution in [2.45, 2.75) is 20.8 Å². The molecule has 6 aromatic rings. The molecule has 2 aromatic heterocycles. The molecule has 4 aromatic carbocycles. The van der Waals surface area contributed by atoms with Gasteiger partial charge in [-0.25, -0.2) is 0 Å². The van der Waals surface area contributed by atoms with Crippen LogP contribution in [0, 0.1) is 6.92 Å². The standard InChI is InChI=1S/C27H19N3.C2H6/c1-18-10-2-3-11-19(18)20-12-4-6-15-23(20)26-28-29-27-24-16-7-5-13-21(24)22-14-8-9-17-25(22)30(26)27;1-2/h2-17H,1H3;1-2H3. The van der Waals surface area contributed by atoms with Crippen LogP contribution in [0.4, 0.5) is 0 Å². The maximum atomic E-state index is 4.69. The first kappa shape index (κ1) is 20.0. The predicted octanol–water partition coefficient (Wildman–Crippen LogP) is 7.70. The first-order valence-corrected chi connectivity index (χ1v) is 11.1. The summed E-state index contributed by atoms with van der Waals surface area (Å²) in [5.74, 6) is 0.866. The highest BCUT2D eigenvalue weighted by Gasteiger charge is 2.18. The van der Waals surface area contributed by atoms with Gasteiger partial charge >= 0.3 is 0 Å². The van der Waals surface area contributed by atoms with Crippen LogP contribution in [-0.4, -0.2) is 14.6 Å². The Balaban J connectivity index is 0.00000105. The van der Waals surface area contributed by atoms with E-state index in [9.17, 15) is 0 Å². The molecule has 0 bridgehead atoms. The van der Waals surface area contributed by atoms with Crippen molar-refractivity contribution in [3.05, 3.63) is 103 Å². The average Bonchev–Trinajstić information content (AvgIpc) is 3.31. The van der Waals surface area contributed by atoms with Crippen molar-refractivity contribution >= 4 is 27.3 Å². The highest BCUT2D eigenvalue weighted by Crippen LogP contribution is 2.36. The molecule has 3 nitrogen and oxygen atoms in total. The lowest BCUT2D eigenvalue weighted by Crippen LogP contribution is -1.96. The third kappa shape index (κ3) is 3.05. The lowest BCUT2D eigenvalue weighted by molar-refractivity contribution is 1.12. The highest BCUT2D eigenvalue weighted by atomic mass is 15.2. The van der Waals surface area contributed by atoms with Crippen molar-refractivity contribution < 1.29 is 0 Å². The summed E-state index contributed by atoms with van der Waals surface area (Å²) >= 11 is 0. The quantitative estimate of drug-likeness (QED) is 0.271. The Kier molecular flexibility index (Phi) is 5.16. The molecule has 0 saturated heterocycles. The second kappa shape index (κ2) is 8.27. The zero-order valence-electron chi connectivity index (χ0n) is 18.6. The molecule has 0 aliphatic carbocycles. The van der Waals surface area contributed by atoms with E-state index in [-0.39, 0.29) is 0 Å². The third-order valence-corrected chi connectivity index (χ3v) is 5.87. The molecular weight excluding hydrogens is 390 g/mol. The number of fused-ring (bicyclic) bond motifs is 6. The van der Waals surface area contributed by atoms with Crippen molar-refractivity contribution in [3.8, 4) is 22.5 Å². The van der Waals surface area contributed by atoms with Gasteiger partial charge in [0.15, 0.2) is 11.5 Å². The normalized spacial score (nSPS) is 11.0. The van der Waals surface area contributed by atoms with E-state index in [0.717, 1.165) is 27.9 Å². The Hall–Kier alpha value is -3.98. The van der Waals surface area contributed by atoms with Gasteiger partial charge in [0.2, 0.25) is 0 Å². The van der Waals surface area contributed by atoms with Crippen molar-refractivity contribution in [2.24, 2.45) is 0 Å². The summed E-state index contributed by atoms with van der Waals surface area (Å²) in [6.07, 6.45) is 0. The summed E-state index contributed by atoms with van der Waals surface area (Å²) in [6.45, 7) is 6.15. The van der Waals surface area contributed by atoms with Crippen LogP contribution in [-0.2, 0) is 0 Å². The van der Waals surface area contributed by atoms with Crippen LogP contribution in [0.1, 0.15) is 19.4 Å². The molecule has 0 N–H and O–H groups in total. The number of benzene rings is 4. The summed E-state index contributed by atoms with van der Waals surface area (Å²) < 4.78 is 2.20. The van der Waals surface area contributed by atoms with E-state index in [4.69, 9.17) is 5.10 Å². The van der Waals surface area contributed by atoms with E-state index in [1.807, 2.05) is 13.8 Å². The van der Waals surface area contributed by atoms with E-state index in [1.54, 1.807) is 0 Å². The molecule has 0 radical (unpaired) electrons. The minimum atomic E-state index is 0.866. The Morgan fingerprint density at radius 3 is 1.84 bits per heavy atom. The summed E-state index contributed by atoms with van der Waals surface area (Å²) in [4.78, 5) is 0. The lowest BCUT2D eigenvalue weighted by Gasteiger charge is -2.13. The second-order valence-corrected chi connectivity index (χ2v) is 7.61. The Labute approximate surface area is 188 Å². The molecule has 0 saturated carbocycles. The molecule has 6 rings (SSSR count). The van der Waals surface area contributed by atoms with Crippen molar-refractivity contribution in [1.82, 2.24) is 14.6 Å². The SMILES string of the molecule is CC.Cc1ccccc1-c1ccccc1-c1nnc2c3ccccc3c3ccccc3n12. The maximum Gasteiger partial charge on any atom is 0.169 e. The summed E-state index contributed by atoms with van der Waals surface area (Å²) in [5, 5.41) is 12.9. The topological polar surface area (TPSA) is 30.2 Å². The van der Waals surface area contributed by atoms with Gasteiger partial charge in [0.25, 0.3) is 0 Å². The van der Waals surface area contributed by atoms with Gasteiger partial charge in [-0.15, -0.1) is 10.2 Å². The second-order valence-electron chi connectivity index (χ2n) is 7.61. The van der Waals surface area contributed by atoms with Crippen LogP contribution < -0.4 is 0 Å². The zero-order chi connectivity index (χ0) is 22.1. The van der Waals surface area contributed by atoms with E-state index in [1.165, 1.54) is 27.5 Å². The number of hydrogen-bond acceptors (Lipinski definition) is 2. The number of hydrogen-bond donors (Lipinski definition) is 0. The van der Waals surface area contributed by atoms with Crippen molar-refractivity contribution in [3.63, 3.8) is 0 Å². The van der Waals surface area contributed by atoms with Crippen LogP contribution >= 0.6 is 0 Å². The van der Waals surface area contributed by atoms with E-state index < -0.39 is 0 Å². The fourth-order valence-corrected chi connectivity index (χ4v) is 4.46. The van der Waals surface area contributed by atoms with Crippen LogP contribution in [0.15, 0.2) is 97.1 Å². The fourth-order valence-electron chi connectivity index (χ4n) is 4.46. The zero-order valence-corrected chi connectivity index (χ0v) is 18.6. The van der Waals surface area contributed by atoms with Gasteiger partial charge in [-0.3, -0.25) is 4.40 Å². The first-order valence-electron chi connectivity index (χ1n) is 11.1. The summed E-state index contributed by atoms with van der Waals surface area (Å²) in [6, 6.07) is 33.9. The third-order valence-electron chi connectivity index (χ3n) is 5.87. The number of pyridine rings is 1. The van der Waals surface area contributed by atoms with Gasteiger partial charge in [-0.2, -0.15) is 0 Å². The summed E-state index contributed by atoms with van der Waals surface area (Å²) in [5.41, 5.74) is 6.72. The monoisotopic (exact) mass is 415 g/mol. The predicted molar refractivity (Wildman–Crippen MR) is 135 cm³/mol. The molecule has 0 spiro atoms. The molecule has 0 amide bonds. The maximum absolute atomic E-state index is 4.69. The minimum Gasteiger partial charge on any atom is -0.274 e. The van der Waals surface area contributed by atoms with Crippen LogP contribution in [0.25, 0.3) is 49.8 Å². The molecule has 0 unspecified atom stereocenters. The highest BCUT2D eigenvalue weighted by molar-refractivity contribution is 6.12. The van der Waals surface area contributed by atoms with Gasteiger partial charge in [0.1, 0.15) is 0 Å². The van der Waals surface area contributed by atoms with Gasteiger partial charge < -0.3 is 0 Å².